The van der Waals surface area contributed by atoms with Gasteiger partial charge < -0.3 is 19.0 Å². The Balaban J connectivity index is 2.14. The maximum Gasteiger partial charge on any atom is 0.336 e. The molecule has 0 spiro atoms. The molecule has 2 aromatic rings. The van der Waals surface area contributed by atoms with Crippen molar-refractivity contribution in [2.45, 2.75) is 78.1 Å². The smallest absolute Gasteiger partial charge is 0.336 e. The van der Waals surface area contributed by atoms with Crippen molar-refractivity contribution in [2.75, 3.05) is 0 Å². The van der Waals surface area contributed by atoms with Crippen LogP contribution >= 0.6 is 0 Å². The van der Waals surface area contributed by atoms with Crippen molar-refractivity contribution in [3.63, 3.8) is 0 Å². The lowest BCUT2D eigenvalue weighted by molar-refractivity contribution is 0.0151. The molecule has 0 radical (unpaired) electrons. The lowest BCUT2D eigenvalue weighted by Crippen LogP contribution is -2.36. The summed E-state index contributed by atoms with van der Waals surface area (Å²) in [4.78, 5) is 12.3. The number of ether oxygens (including phenoxy) is 2. The van der Waals surface area contributed by atoms with Gasteiger partial charge >= 0.3 is 5.63 Å². The first-order valence-corrected chi connectivity index (χ1v) is 9.92. The van der Waals surface area contributed by atoms with Gasteiger partial charge in [0.2, 0.25) is 0 Å². The zero-order valence-electron chi connectivity index (χ0n) is 16.7. The minimum atomic E-state index is -0.744. The van der Waals surface area contributed by atoms with E-state index >= 15 is 0 Å². The highest BCUT2D eigenvalue weighted by Gasteiger charge is 2.41. The Labute approximate surface area is 159 Å². The van der Waals surface area contributed by atoms with Crippen molar-refractivity contribution in [1.29, 1.82) is 0 Å². The summed E-state index contributed by atoms with van der Waals surface area (Å²) >= 11 is 0. The van der Waals surface area contributed by atoms with E-state index in [1.165, 1.54) is 0 Å². The quantitative estimate of drug-likeness (QED) is 0.796. The summed E-state index contributed by atoms with van der Waals surface area (Å²) in [6.07, 6.45) is 2.45. The monoisotopic (exact) mass is 372 g/mol. The molecule has 5 heteroatoms. The Hall–Kier alpha value is -2.01. The second-order valence-electron chi connectivity index (χ2n) is 8.58. The van der Waals surface area contributed by atoms with Gasteiger partial charge in [-0.2, -0.15) is 0 Å². The molecule has 1 unspecified atom stereocenters. The summed E-state index contributed by atoms with van der Waals surface area (Å²) in [6, 6.07) is 1.56. The van der Waals surface area contributed by atoms with Gasteiger partial charge in [0, 0.05) is 17.5 Å². The standard InChI is InChI=1S/C22H28O5/c1-6-7-13-10-15(23)26-21-16(13)20-14(8-9-22(4,5)27-20)19-17(21)18(24)11(2)12(3)25-19/h10-12,18,24H,6-9H2,1-5H3/t11?,12-,18-/m0/s1. The largest absolute Gasteiger partial charge is 0.489 e. The van der Waals surface area contributed by atoms with Crippen LogP contribution in [-0.4, -0.2) is 16.8 Å². The van der Waals surface area contributed by atoms with E-state index in [1.54, 1.807) is 6.07 Å². The van der Waals surface area contributed by atoms with Gasteiger partial charge in [0.25, 0.3) is 0 Å². The lowest BCUT2D eigenvalue weighted by atomic mass is 9.83. The maximum absolute atomic E-state index is 12.3. The summed E-state index contributed by atoms with van der Waals surface area (Å²) < 4.78 is 18.3. The summed E-state index contributed by atoms with van der Waals surface area (Å²) in [5.74, 6) is 1.30. The zero-order valence-corrected chi connectivity index (χ0v) is 16.7. The molecule has 146 valence electrons. The third kappa shape index (κ3) is 2.83. The van der Waals surface area contributed by atoms with E-state index in [9.17, 15) is 9.90 Å². The van der Waals surface area contributed by atoms with Crippen LogP contribution in [0.1, 0.15) is 70.3 Å². The molecule has 0 fully saturated rings. The van der Waals surface area contributed by atoms with Crippen LogP contribution in [-0.2, 0) is 12.8 Å². The molecule has 2 aliphatic heterocycles. The Kier molecular flexibility index (Phi) is 4.26. The van der Waals surface area contributed by atoms with Crippen LogP contribution < -0.4 is 15.1 Å². The van der Waals surface area contributed by atoms with E-state index in [-0.39, 0.29) is 17.6 Å². The van der Waals surface area contributed by atoms with Crippen molar-refractivity contribution in [3.8, 4) is 11.5 Å². The molecule has 5 nitrogen and oxygen atoms in total. The van der Waals surface area contributed by atoms with Crippen LogP contribution in [0.15, 0.2) is 15.3 Å². The predicted octanol–water partition coefficient (Wildman–Crippen LogP) is 4.30. The van der Waals surface area contributed by atoms with Gasteiger partial charge in [-0.25, -0.2) is 4.79 Å². The van der Waals surface area contributed by atoms with Crippen molar-refractivity contribution >= 4 is 11.0 Å². The number of hydrogen-bond donors (Lipinski definition) is 1. The number of benzene rings is 1. The molecule has 0 amide bonds. The Morgan fingerprint density at radius 3 is 2.70 bits per heavy atom. The Bertz CT molecular complexity index is 956. The van der Waals surface area contributed by atoms with Crippen molar-refractivity contribution < 1.29 is 19.0 Å². The van der Waals surface area contributed by atoms with Crippen molar-refractivity contribution in [1.82, 2.24) is 0 Å². The van der Waals surface area contributed by atoms with Gasteiger partial charge in [-0.1, -0.05) is 20.3 Å². The molecule has 0 saturated heterocycles. The average molecular weight is 372 g/mol. The van der Waals surface area contributed by atoms with Crippen molar-refractivity contribution in [3.05, 3.63) is 33.2 Å². The first-order valence-electron chi connectivity index (χ1n) is 9.92. The summed E-state index contributed by atoms with van der Waals surface area (Å²) in [5, 5.41) is 11.9. The molecular weight excluding hydrogens is 344 g/mol. The molecule has 3 heterocycles. The summed E-state index contributed by atoms with van der Waals surface area (Å²) in [6.45, 7) is 10.1. The highest BCUT2D eigenvalue weighted by molar-refractivity contribution is 5.94. The first-order chi connectivity index (χ1) is 12.7. The van der Waals surface area contributed by atoms with Crippen LogP contribution in [0.5, 0.6) is 11.5 Å². The molecule has 2 aliphatic rings. The molecule has 27 heavy (non-hydrogen) atoms. The summed E-state index contributed by atoms with van der Waals surface area (Å²) in [7, 11) is 0. The average Bonchev–Trinajstić information content (AvgIpc) is 2.58. The third-order valence-electron chi connectivity index (χ3n) is 6.02. The Morgan fingerprint density at radius 1 is 1.26 bits per heavy atom. The number of aliphatic hydroxyl groups excluding tert-OH is 1. The molecule has 1 N–H and O–H groups in total. The van der Waals surface area contributed by atoms with E-state index < -0.39 is 11.7 Å². The molecule has 3 atom stereocenters. The number of rotatable bonds is 2. The van der Waals surface area contributed by atoms with Gasteiger partial charge in [0.15, 0.2) is 5.58 Å². The van der Waals surface area contributed by atoms with Gasteiger partial charge in [-0.3, -0.25) is 0 Å². The van der Waals surface area contributed by atoms with Crippen molar-refractivity contribution in [2.24, 2.45) is 5.92 Å². The fraction of sp³-hybridized carbons (Fsp3) is 0.591. The molecule has 4 rings (SSSR count). The molecule has 1 aromatic heterocycles. The SMILES string of the molecule is CCCc1cc(=O)oc2c3c(c4c(c12)OC(C)(C)CC4)O[C@@H](C)C(C)[C@@H]3O. The highest BCUT2D eigenvalue weighted by atomic mass is 16.5. The normalized spacial score (nSPS) is 26.1. The molecule has 0 aliphatic carbocycles. The van der Waals surface area contributed by atoms with E-state index in [2.05, 4.69) is 20.8 Å². The fourth-order valence-corrected chi connectivity index (χ4v) is 4.28. The molecule has 1 aromatic carbocycles. The predicted molar refractivity (Wildman–Crippen MR) is 104 cm³/mol. The molecular formula is C22H28O5. The van der Waals surface area contributed by atoms with E-state index in [1.807, 2.05) is 13.8 Å². The van der Waals surface area contributed by atoms with Crippen LogP contribution in [0.3, 0.4) is 0 Å². The van der Waals surface area contributed by atoms with Gasteiger partial charge in [-0.05, 0) is 45.6 Å². The highest BCUT2D eigenvalue weighted by Crippen LogP contribution is 2.52. The third-order valence-corrected chi connectivity index (χ3v) is 6.02. The topological polar surface area (TPSA) is 68.9 Å². The minimum absolute atomic E-state index is 0.0974. The second-order valence-corrected chi connectivity index (χ2v) is 8.58. The molecule has 0 bridgehead atoms. The van der Waals surface area contributed by atoms with Gasteiger partial charge in [0.05, 0.1) is 17.1 Å². The minimum Gasteiger partial charge on any atom is -0.489 e. The van der Waals surface area contributed by atoms with Crippen LogP contribution in [0, 0.1) is 5.92 Å². The summed E-state index contributed by atoms with van der Waals surface area (Å²) in [5.41, 5.74) is 2.22. The van der Waals surface area contributed by atoms with Gasteiger partial charge in [0.1, 0.15) is 23.2 Å². The van der Waals surface area contributed by atoms with E-state index in [0.717, 1.165) is 47.9 Å². The molecule has 0 saturated carbocycles. The van der Waals surface area contributed by atoms with Crippen LogP contribution in [0.25, 0.3) is 11.0 Å². The van der Waals surface area contributed by atoms with Gasteiger partial charge in [-0.15, -0.1) is 0 Å². The van der Waals surface area contributed by atoms with E-state index in [0.29, 0.717) is 16.9 Å². The van der Waals surface area contributed by atoms with Crippen LogP contribution in [0.2, 0.25) is 0 Å². The van der Waals surface area contributed by atoms with Crippen LogP contribution in [0.4, 0.5) is 0 Å². The Morgan fingerprint density at radius 2 is 2.00 bits per heavy atom. The number of fused-ring (bicyclic) bond motifs is 6. The fourth-order valence-electron chi connectivity index (χ4n) is 4.28. The maximum atomic E-state index is 12.3. The number of hydrogen-bond acceptors (Lipinski definition) is 5. The zero-order chi connectivity index (χ0) is 19.5. The number of aryl methyl sites for hydroxylation is 1. The lowest BCUT2D eigenvalue weighted by Gasteiger charge is -2.39. The van der Waals surface area contributed by atoms with E-state index in [4.69, 9.17) is 13.9 Å². The first kappa shape index (κ1) is 18.4. The second kappa shape index (κ2) is 6.26. The number of aliphatic hydroxyl groups is 1.